The topological polar surface area (TPSA) is 66.7 Å². The lowest BCUT2D eigenvalue weighted by molar-refractivity contribution is -0.116. The second-order valence-corrected chi connectivity index (χ2v) is 5.65. The number of carbonyl (C=O) groups is 2. The van der Waals surface area contributed by atoms with Crippen LogP contribution in [0.3, 0.4) is 0 Å². The maximum Gasteiger partial charge on any atom is 0.274 e. The van der Waals surface area contributed by atoms with Crippen LogP contribution < -0.4 is 10.2 Å². The molecule has 0 aliphatic carbocycles. The van der Waals surface area contributed by atoms with E-state index in [9.17, 15) is 9.59 Å². The van der Waals surface area contributed by atoms with Crippen LogP contribution in [0, 0.1) is 0 Å². The van der Waals surface area contributed by atoms with Crippen molar-refractivity contribution in [3.63, 3.8) is 0 Å². The van der Waals surface area contributed by atoms with E-state index in [0.29, 0.717) is 11.4 Å². The molecule has 2 heterocycles. The Balaban J connectivity index is 1.84. The number of rotatable bonds is 3. The Bertz CT molecular complexity index is 852. The van der Waals surface area contributed by atoms with E-state index in [4.69, 9.17) is 0 Å². The lowest BCUT2D eigenvalue weighted by atomic mass is 10.2. The molecule has 0 spiro atoms. The van der Waals surface area contributed by atoms with Crippen LogP contribution in [-0.2, 0) is 4.79 Å². The number of hydrogen-bond donors (Lipinski definition) is 1. The minimum Gasteiger partial charge on any atom is -0.321 e. The van der Waals surface area contributed by atoms with Crippen molar-refractivity contribution in [2.24, 2.45) is 0 Å². The van der Waals surface area contributed by atoms with Crippen LogP contribution >= 0.6 is 11.3 Å². The van der Waals surface area contributed by atoms with E-state index in [1.54, 1.807) is 35.8 Å². The predicted molar refractivity (Wildman–Crippen MR) is 86.5 cm³/mol. The van der Waals surface area contributed by atoms with Crippen molar-refractivity contribution in [3.05, 3.63) is 47.7 Å². The Labute approximate surface area is 131 Å². The zero-order valence-corrected chi connectivity index (χ0v) is 12.9. The molecule has 1 N–H and O–H groups in total. The van der Waals surface area contributed by atoms with Crippen LogP contribution in [0.4, 0.5) is 11.4 Å². The van der Waals surface area contributed by atoms with Gasteiger partial charge in [-0.3, -0.25) is 14.0 Å². The number of aromatic nitrogens is 2. The summed E-state index contributed by atoms with van der Waals surface area (Å²) in [4.78, 5) is 30.2. The fourth-order valence-electron chi connectivity index (χ4n) is 2.06. The third kappa shape index (κ3) is 2.58. The van der Waals surface area contributed by atoms with Crippen LogP contribution in [-0.4, -0.2) is 28.2 Å². The smallest absolute Gasteiger partial charge is 0.274 e. The average molecular weight is 314 g/mol. The molecule has 3 aromatic rings. The molecule has 3 rings (SSSR count). The average Bonchev–Trinajstić information content (AvgIpc) is 3.09. The molecule has 6 nitrogen and oxygen atoms in total. The largest absolute Gasteiger partial charge is 0.321 e. The van der Waals surface area contributed by atoms with Gasteiger partial charge in [-0.15, -0.1) is 11.3 Å². The zero-order chi connectivity index (χ0) is 15.7. The van der Waals surface area contributed by atoms with E-state index >= 15 is 0 Å². The molecule has 112 valence electrons. The van der Waals surface area contributed by atoms with Crippen molar-refractivity contribution in [1.82, 2.24) is 9.38 Å². The minimum atomic E-state index is -0.242. The normalized spacial score (nSPS) is 10.6. The number of nitrogens with zero attached hydrogens (tertiary/aromatic N) is 3. The van der Waals surface area contributed by atoms with Gasteiger partial charge < -0.3 is 10.2 Å². The van der Waals surface area contributed by atoms with E-state index in [0.717, 1.165) is 10.6 Å². The molecular formula is C15H14N4O2S. The van der Waals surface area contributed by atoms with Gasteiger partial charge in [-0.2, -0.15) is 0 Å². The number of hydrogen-bond acceptors (Lipinski definition) is 4. The summed E-state index contributed by atoms with van der Waals surface area (Å²) >= 11 is 1.47. The number of thiazole rings is 1. The van der Waals surface area contributed by atoms with Crippen molar-refractivity contribution >= 4 is 39.5 Å². The standard InChI is InChI=1S/C15H14N4O2S/c1-10(20)18(2)12-5-3-4-11(8-12)17-14(21)13-9-16-15-19(13)6-7-22-15/h3-9H,1-2H3,(H,17,21). The van der Waals surface area contributed by atoms with Crippen molar-refractivity contribution in [2.75, 3.05) is 17.3 Å². The van der Waals surface area contributed by atoms with Crippen molar-refractivity contribution < 1.29 is 9.59 Å². The number of nitrogens with one attached hydrogen (secondary N) is 1. The van der Waals surface area contributed by atoms with E-state index in [-0.39, 0.29) is 11.8 Å². The van der Waals surface area contributed by atoms with Gasteiger partial charge in [-0.1, -0.05) is 6.07 Å². The van der Waals surface area contributed by atoms with Gasteiger partial charge in [0.1, 0.15) is 5.69 Å². The lowest BCUT2D eigenvalue weighted by Crippen LogP contribution is -2.23. The summed E-state index contributed by atoms with van der Waals surface area (Å²) in [6.07, 6.45) is 3.36. The predicted octanol–water partition coefficient (Wildman–Crippen LogP) is 2.63. The van der Waals surface area contributed by atoms with Crippen LogP contribution in [0.1, 0.15) is 17.4 Å². The monoisotopic (exact) mass is 314 g/mol. The number of anilines is 2. The molecule has 0 aliphatic rings. The maximum absolute atomic E-state index is 12.4. The highest BCUT2D eigenvalue weighted by atomic mass is 32.1. The van der Waals surface area contributed by atoms with E-state index in [1.165, 1.54) is 23.2 Å². The molecular weight excluding hydrogens is 300 g/mol. The first-order chi connectivity index (χ1) is 10.6. The van der Waals surface area contributed by atoms with Crippen LogP contribution in [0.25, 0.3) is 4.96 Å². The van der Waals surface area contributed by atoms with Gasteiger partial charge in [-0.05, 0) is 18.2 Å². The first kappa shape index (κ1) is 14.3. The van der Waals surface area contributed by atoms with Crippen LogP contribution in [0.15, 0.2) is 42.0 Å². The van der Waals surface area contributed by atoms with Crippen molar-refractivity contribution in [3.8, 4) is 0 Å². The molecule has 0 fully saturated rings. The summed E-state index contributed by atoms with van der Waals surface area (Å²) in [6.45, 7) is 1.49. The van der Waals surface area contributed by atoms with Crippen molar-refractivity contribution in [2.45, 2.75) is 6.92 Å². The second-order valence-electron chi connectivity index (χ2n) is 4.78. The van der Waals surface area contributed by atoms with Crippen LogP contribution in [0.2, 0.25) is 0 Å². The van der Waals surface area contributed by atoms with Gasteiger partial charge in [-0.25, -0.2) is 4.98 Å². The number of carbonyl (C=O) groups excluding carboxylic acids is 2. The van der Waals surface area contributed by atoms with Crippen molar-refractivity contribution in [1.29, 1.82) is 0 Å². The fourth-order valence-corrected chi connectivity index (χ4v) is 2.76. The maximum atomic E-state index is 12.4. The summed E-state index contributed by atoms with van der Waals surface area (Å²) in [6, 6.07) is 7.14. The van der Waals surface area contributed by atoms with Gasteiger partial charge in [0, 0.05) is 36.9 Å². The Morgan fingerprint density at radius 1 is 1.36 bits per heavy atom. The molecule has 0 atom stereocenters. The van der Waals surface area contributed by atoms with Crippen LogP contribution in [0.5, 0.6) is 0 Å². The second kappa shape index (κ2) is 5.61. The molecule has 2 amide bonds. The molecule has 0 saturated carbocycles. The first-order valence-electron chi connectivity index (χ1n) is 6.62. The molecule has 2 aromatic heterocycles. The first-order valence-corrected chi connectivity index (χ1v) is 7.50. The molecule has 22 heavy (non-hydrogen) atoms. The highest BCUT2D eigenvalue weighted by Gasteiger charge is 2.13. The third-order valence-electron chi connectivity index (χ3n) is 3.34. The molecule has 0 saturated heterocycles. The molecule has 0 unspecified atom stereocenters. The Morgan fingerprint density at radius 2 is 2.18 bits per heavy atom. The number of fused-ring (bicyclic) bond motifs is 1. The highest BCUT2D eigenvalue weighted by Crippen LogP contribution is 2.20. The quantitative estimate of drug-likeness (QED) is 0.808. The van der Waals surface area contributed by atoms with Gasteiger partial charge in [0.25, 0.3) is 5.91 Å². The number of amides is 2. The Hall–Kier alpha value is -2.67. The third-order valence-corrected chi connectivity index (χ3v) is 4.11. The molecule has 0 bridgehead atoms. The lowest BCUT2D eigenvalue weighted by Gasteiger charge is -2.16. The molecule has 1 aromatic carbocycles. The summed E-state index contributed by atoms with van der Waals surface area (Å²) in [5.41, 5.74) is 1.82. The van der Waals surface area contributed by atoms with Gasteiger partial charge in [0.2, 0.25) is 5.91 Å². The Kier molecular flexibility index (Phi) is 3.64. The number of benzene rings is 1. The molecule has 7 heteroatoms. The summed E-state index contributed by atoms with van der Waals surface area (Å²) in [5.74, 6) is -0.312. The summed E-state index contributed by atoms with van der Waals surface area (Å²) in [7, 11) is 1.69. The highest BCUT2D eigenvalue weighted by molar-refractivity contribution is 7.15. The summed E-state index contributed by atoms with van der Waals surface area (Å²) < 4.78 is 1.74. The van der Waals surface area contributed by atoms with E-state index < -0.39 is 0 Å². The Morgan fingerprint density at radius 3 is 2.95 bits per heavy atom. The number of imidazole rings is 1. The minimum absolute atomic E-state index is 0.0701. The summed E-state index contributed by atoms with van der Waals surface area (Å²) in [5, 5.41) is 4.70. The van der Waals surface area contributed by atoms with Gasteiger partial charge in [0.15, 0.2) is 4.96 Å². The SMILES string of the molecule is CC(=O)N(C)c1cccc(NC(=O)c2cnc3sccn23)c1. The van der Waals surface area contributed by atoms with E-state index in [2.05, 4.69) is 10.3 Å². The molecule has 0 radical (unpaired) electrons. The van der Waals surface area contributed by atoms with Gasteiger partial charge in [0.05, 0.1) is 6.20 Å². The van der Waals surface area contributed by atoms with Gasteiger partial charge >= 0.3 is 0 Å². The molecule has 0 aliphatic heterocycles. The zero-order valence-electron chi connectivity index (χ0n) is 12.1. The fraction of sp³-hybridized carbons (Fsp3) is 0.133. The van der Waals surface area contributed by atoms with E-state index in [1.807, 2.05) is 17.6 Å².